The van der Waals surface area contributed by atoms with Crippen LogP contribution in [0, 0.1) is 11.8 Å². The molecule has 0 bridgehead atoms. The molecule has 0 unspecified atom stereocenters. The van der Waals surface area contributed by atoms with Gasteiger partial charge >= 0.3 is 0 Å². The molecule has 6 heteroatoms. The van der Waals surface area contributed by atoms with Crippen molar-refractivity contribution in [3.63, 3.8) is 0 Å². The molecule has 0 saturated carbocycles. The second-order valence-corrected chi connectivity index (χ2v) is 6.20. The minimum Gasteiger partial charge on any atom is -0.320 e. The maximum atomic E-state index is 12.5. The van der Waals surface area contributed by atoms with Crippen LogP contribution in [0.5, 0.6) is 0 Å². The van der Waals surface area contributed by atoms with Crippen LogP contribution in [0.4, 0.5) is 0 Å². The molecule has 0 fully saturated rings. The van der Waals surface area contributed by atoms with Gasteiger partial charge in [0.15, 0.2) is 0 Å². The third-order valence-corrected chi connectivity index (χ3v) is 4.74. The second kappa shape index (κ2) is 8.00. The van der Waals surface area contributed by atoms with Gasteiger partial charge in [0.05, 0.1) is 6.54 Å². The van der Waals surface area contributed by atoms with E-state index in [-0.39, 0.29) is 11.4 Å². The van der Waals surface area contributed by atoms with Gasteiger partial charge < -0.3 is 5.73 Å². The number of unbranched alkanes of at least 4 members (excludes halogenated alkanes) is 1. The molecule has 0 aliphatic heterocycles. The minimum absolute atomic E-state index is 0.180. The number of nitrogens with two attached hydrogens (primary N) is 1. The van der Waals surface area contributed by atoms with Gasteiger partial charge in [-0.05, 0) is 12.5 Å². The third-order valence-electron chi connectivity index (χ3n) is 2.80. The van der Waals surface area contributed by atoms with Crippen molar-refractivity contribution in [2.75, 3.05) is 19.6 Å². The van der Waals surface area contributed by atoms with Crippen molar-refractivity contribution in [1.82, 2.24) is 9.29 Å². The summed E-state index contributed by atoms with van der Waals surface area (Å²) in [5, 5.41) is 0. The van der Waals surface area contributed by atoms with E-state index in [0.29, 0.717) is 18.7 Å². The molecule has 1 aromatic heterocycles. The van der Waals surface area contributed by atoms with E-state index in [0.717, 1.165) is 12.8 Å². The molecule has 1 heterocycles. The zero-order valence-electron chi connectivity index (χ0n) is 12.0. The van der Waals surface area contributed by atoms with Gasteiger partial charge in [0.1, 0.15) is 4.90 Å². The van der Waals surface area contributed by atoms with Crippen LogP contribution in [0.3, 0.4) is 0 Å². The Morgan fingerprint density at radius 1 is 1.35 bits per heavy atom. The summed E-state index contributed by atoms with van der Waals surface area (Å²) in [4.78, 5) is 4.13. The lowest BCUT2D eigenvalue weighted by Gasteiger charge is -2.20. The number of pyridine rings is 1. The van der Waals surface area contributed by atoms with Crippen molar-refractivity contribution >= 4 is 10.0 Å². The fourth-order valence-electron chi connectivity index (χ4n) is 1.71. The summed E-state index contributed by atoms with van der Waals surface area (Å²) < 4.78 is 26.5. The van der Waals surface area contributed by atoms with Gasteiger partial charge in [0, 0.05) is 31.0 Å². The summed E-state index contributed by atoms with van der Waals surface area (Å²) in [5.74, 6) is 5.49. The van der Waals surface area contributed by atoms with Crippen LogP contribution < -0.4 is 5.73 Å². The van der Waals surface area contributed by atoms with E-state index >= 15 is 0 Å². The van der Waals surface area contributed by atoms with Gasteiger partial charge in [-0.25, -0.2) is 8.42 Å². The Balaban J connectivity index is 3.07. The van der Waals surface area contributed by atoms with Crippen molar-refractivity contribution in [3.05, 3.63) is 24.0 Å². The Morgan fingerprint density at radius 3 is 2.70 bits per heavy atom. The molecule has 0 aliphatic carbocycles. The Hall–Kier alpha value is -1.42. The number of hydrogen-bond acceptors (Lipinski definition) is 4. The predicted molar refractivity (Wildman–Crippen MR) is 79.5 cm³/mol. The van der Waals surface area contributed by atoms with Crippen LogP contribution in [-0.2, 0) is 10.0 Å². The fraction of sp³-hybridized carbons (Fsp3) is 0.500. The summed E-state index contributed by atoms with van der Waals surface area (Å²) in [6.07, 6.45) is 4.68. The second-order valence-electron chi connectivity index (χ2n) is 4.27. The zero-order valence-corrected chi connectivity index (χ0v) is 12.8. The lowest BCUT2D eigenvalue weighted by molar-refractivity contribution is 0.418. The topological polar surface area (TPSA) is 76.3 Å². The molecule has 0 amide bonds. The average Bonchev–Trinajstić information content (AvgIpc) is 2.46. The van der Waals surface area contributed by atoms with Crippen molar-refractivity contribution in [1.29, 1.82) is 0 Å². The van der Waals surface area contributed by atoms with Gasteiger partial charge in [-0.1, -0.05) is 32.1 Å². The van der Waals surface area contributed by atoms with Crippen LogP contribution in [0.25, 0.3) is 0 Å². The largest absolute Gasteiger partial charge is 0.320 e. The Labute approximate surface area is 121 Å². The molecule has 0 radical (unpaired) electrons. The summed E-state index contributed by atoms with van der Waals surface area (Å²) in [7, 11) is -3.50. The van der Waals surface area contributed by atoms with E-state index in [4.69, 9.17) is 5.73 Å². The van der Waals surface area contributed by atoms with Crippen molar-refractivity contribution in [2.45, 2.75) is 31.6 Å². The molecule has 1 rings (SSSR count). The Kier molecular flexibility index (Phi) is 6.65. The smallest absolute Gasteiger partial charge is 0.244 e. The molecule has 2 N–H and O–H groups in total. The first-order valence-electron chi connectivity index (χ1n) is 6.70. The van der Waals surface area contributed by atoms with Gasteiger partial charge in [-0.2, -0.15) is 4.31 Å². The molecule has 0 spiro atoms. The van der Waals surface area contributed by atoms with Crippen LogP contribution in [0.2, 0.25) is 0 Å². The molecule has 0 aromatic carbocycles. The van der Waals surface area contributed by atoms with Crippen molar-refractivity contribution in [3.8, 4) is 11.8 Å². The molecule has 0 aliphatic rings. The standard InChI is InChI=1S/C14H21N3O2S/c1-3-5-9-17(4-2)20(18,19)14-10-13(7-6-8-15)11-16-12-14/h10-12H,3-5,8-9,15H2,1-2H3. The van der Waals surface area contributed by atoms with Gasteiger partial charge in [-0.15, -0.1) is 0 Å². The number of hydrogen-bond donors (Lipinski definition) is 1. The van der Waals surface area contributed by atoms with Gasteiger partial charge in [0.2, 0.25) is 10.0 Å². The van der Waals surface area contributed by atoms with E-state index in [9.17, 15) is 8.42 Å². The molecule has 5 nitrogen and oxygen atoms in total. The first-order valence-corrected chi connectivity index (χ1v) is 8.14. The molecule has 1 aromatic rings. The number of rotatable bonds is 6. The lowest BCUT2D eigenvalue weighted by atomic mass is 10.3. The van der Waals surface area contributed by atoms with E-state index in [1.54, 1.807) is 6.07 Å². The summed E-state index contributed by atoms with van der Waals surface area (Å²) in [6.45, 7) is 5.06. The number of aromatic nitrogens is 1. The maximum Gasteiger partial charge on any atom is 0.244 e. The lowest BCUT2D eigenvalue weighted by Crippen LogP contribution is -2.32. The number of sulfonamides is 1. The third kappa shape index (κ3) is 4.30. The van der Waals surface area contributed by atoms with E-state index < -0.39 is 10.0 Å². The first-order chi connectivity index (χ1) is 9.56. The zero-order chi connectivity index (χ0) is 15.0. The fourth-order valence-corrected chi connectivity index (χ4v) is 3.19. The van der Waals surface area contributed by atoms with Gasteiger partial charge in [0.25, 0.3) is 0 Å². The molecule has 0 atom stereocenters. The van der Waals surface area contributed by atoms with E-state index in [1.165, 1.54) is 16.7 Å². The summed E-state index contributed by atoms with van der Waals surface area (Å²) >= 11 is 0. The van der Waals surface area contributed by atoms with Gasteiger partial charge in [-0.3, -0.25) is 4.98 Å². The SMILES string of the molecule is CCCCN(CC)S(=O)(=O)c1cncc(C#CCN)c1. The van der Waals surface area contributed by atoms with Crippen molar-refractivity contribution < 1.29 is 8.42 Å². The Morgan fingerprint density at radius 2 is 2.10 bits per heavy atom. The molecular weight excluding hydrogens is 274 g/mol. The van der Waals surface area contributed by atoms with E-state index in [1.807, 2.05) is 13.8 Å². The van der Waals surface area contributed by atoms with Crippen LogP contribution in [0.1, 0.15) is 32.3 Å². The van der Waals surface area contributed by atoms with E-state index in [2.05, 4.69) is 16.8 Å². The molecule has 110 valence electrons. The molecule has 20 heavy (non-hydrogen) atoms. The summed E-state index contributed by atoms with van der Waals surface area (Å²) in [6, 6.07) is 1.54. The van der Waals surface area contributed by atoms with Crippen molar-refractivity contribution in [2.24, 2.45) is 5.73 Å². The maximum absolute atomic E-state index is 12.5. The first kappa shape index (κ1) is 16.6. The van der Waals surface area contributed by atoms with Crippen LogP contribution >= 0.6 is 0 Å². The number of nitrogens with zero attached hydrogens (tertiary/aromatic N) is 2. The highest BCUT2D eigenvalue weighted by Gasteiger charge is 2.22. The minimum atomic E-state index is -3.50. The molecular formula is C14H21N3O2S. The highest BCUT2D eigenvalue weighted by atomic mass is 32.2. The quantitative estimate of drug-likeness (QED) is 0.800. The normalized spacial score (nSPS) is 11.2. The monoisotopic (exact) mass is 295 g/mol. The Bertz CT molecular complexity index is 588. The van der Waals surface area contributed by atoms with Crippen LogP contribution in [-0.4, -0.2) is 37.3 Å². The highest BCUT2D eigenvalue weighted by Crippen LogP contribution is 2.16. The molecule has 0 saturated heterocycles. The van der Waals surface area contributed by atoms with Crippen LogP contribution in [0.15, 0.2) is 23.4 Å². The summed E-state index contributed by atoms with van der Waals surface area (Å²) in [5.41, 5.74) is 5.86. The average molecular weight is 295 g/mol. The predicted octanol–water partition coefficient (Wildman–Crippen LogP) is 1.20. The highest BCUT2D eigenvalue weighted by molar-refractivity contribution is 7.89.